The Morgan fingerprint density at radius 1 is 1.07 bits per heavy atom. The van der Waals surface area contributed by atoms with Gasteiger partial charge in [-0.3, -0.25) is 4.79 Å². The molecule has 0 spiro atoms. The highest BCUT2D eigenvalue weighted by Crippen LogP contribution is 2.30. The number of para-hydroxylation sites is 1. The molecular formula is C21H21N5O3. The lowest BCUT2D eigenvalue weighted by Gasteiger charge is -2.22. The van der Waals surface area contributed by atoms with E-state index in [1.165, 1.54) is 18.1 Å². The Balaban J connectivity index is 1.61. The van der Waals surface area contributed by atoms with Crippen LogP contribution in [0.2, 0.25) is 0 Å². The van der Waals surface area contributed by atoms with E-state index in [0.29, 0.717) is 11.3 Å². The van der Waals surface area contributed by atoms with Crippen LogP contribution in [0.3, 0.4) is 0 Å². The predicted octanol–water partition coefficient (Wildman–Crippen LogP) is 2.91. The second-order valence-electron chi connectivity index (χ2n) is 6.73. The van der Waals surface area contributed by atoms with Crippen LogP contribution in [0.1, 0.15) is 33.7 Å². The number of ether oxygens (including phenoxy) is 1. The predicted molar refractivity (Wildman–Crippen MR) is 109 cm³/mol. The minimum atomic E-state index is -0.455. The van der Waals surface area contributed by atoms with Gasteiger partial charge in [0.05, 0.1) is 35.9 Å². The van der Waals surface area contributed by atoms with E-state index in [9.17, 15) is 9.59 Å². The molecule has 0 atom stereocenters. The summed E-state index contributed by atoms with van der Waals surface area (Å²) in [5.74, 6) is -0.849. The lowest BCUT2D eigenvalue weighted by atomic mass is 10.1. The van der Waals surface area contributed by atoms with Crippen molar-refractivity contribution in [2.24, 2.45) is 0 Å². The Bertz CT molecular complexity index is 1030. The number of nitrogens with zero attached hydrogens (tertiary/aromatic N) is 4. The number of esters is 1. The summed E-state index contributed by atoms with van der Waals surface area (Å²) in [6.45, 7) is 1.81. The number of hydrogen-bond acceptors (Lipinski definition) is 6. The molecule has 3 aromatic rings. The monoisotopic (exact) mass is 391 g/mol. The molecule has 148 valence electrons. The highest BCUT2D eigenvalue weighted by atomic mass is 16.5. The van der Waals surface area contributed by atoms with E-state index in [0.717, 1.165) is 37.3 Å². The maximum absolute atomic E-state index is 12.8. The van der Waals surface area contributed by atoms with Gasteiger partial charge in [-0.25, -0.2) is 4.79 Å². The van der Waals surface area contributed by atoms with Crippen LogP contribution < -0.4 is 10.2 Å². The van der Waals surface area contributed by atoms with Gasteiger partial charge in [0.15, 0.2) is 5.69 Å². The first-order chi connectivity index (χ1) is 14.2. The summed E-state index contributed by atoms with van der Waals surface area (Å²) in [6.07, 6.45) is 3.61. The van der Waals surface area contributed by atoms with E-state index < -0.39 is 11.9 Å². The molecule has 1 aliphatic heterocycles. The van der Waals surface area contributed by atoms with Crippen molar-refractivity contribution >= 4 is 23.3 Å². The van der Waals surface area contributed by atoms with E-state index in [1.54, 1.807) is 12.1 Å². The van der Waals surface area contributed by atoms with E-state index >= 15 is 0 Å². The van der Waals surface area contributed by atoms with Crippen molar-refractivity contribution in [1.29, 1.82) is 0 Å². The van der Waals surface area contributed by atoms with Gasteiger partial charge in [-0.15, -0.1) is 5.10 Å². The topological polar surface area (TPSA) is 89.4 Å². The van der Waals surface area contributed by atoms with Crippen molar-refractivity contribution in [2.75, 3.05) is 30.4 Å². The maximum Gasteiger partial charge on any atom is 0.337 e. The molecule has 0 saturated carbocycles. The lowest BCUT2D eigenvalue weighted by molar-refractivity contribution is 0.0600. The van der Waals surface area contributed by atoms with Gasteiger partial charge in [0.2, 0.25) is 0 Å². The zero-order valence-corrected chi connectivity index (χ0v) is 16.0. The number of benzene rings is 2. The Hall–Kier alpha value is -3.68. The second-order valence-corrected chi connectivity index (χ2v) is 6.73. The van der Waals surface area contributed by atoms with E-state index in [1.807, 2.05) is 36.4 Å². The molecule has 0 unspecified atom stereocenters. The molecule has 1 N–H and O–H groups in total. The standard InChI is InChI=1S/C21H21N5O3/c1-29-21(28)15-9-10-19(25-11-5-6-12-25)17(13-15)23-20(27)18-14-22-26(24-18)16-7-3-2-4-8-16/h2-4,7-10,13-14H,5-6,11-12H2,1H3,(H,23,27). The third-order valence-electron chi connectivity index (χ3n) is 4.82. The molecule has 0 aliphatic carbocycles. The first kappa shape index (κ1) is 18.7. The van der Waals surface area contributed by atoms with Crippen LogP contribution >= 0.6 is 0 Å². The maximum atomic E-state index is 12.8. The summed E-state index contributed by atoms with van der Waals surface area (Å²) in [6, 6.07) is 14.5. The number of anilines is 2. The van der Waals surface area contributed by atoms with Crippen LogP contribution in [0.4, 0.5) is 11.4 Å². The fraction of sp³-hybridized carbons (Fsp3) is 0.238. The molecule has 1 saturated heterocycles. The largest absolute Gasteiger partial charge is 0.465 e. The van der Waals surface area contributed by atoms with Crippen molar-refractivity contribution in [3.8, 4) is 5.69 Å². The Labute approximate surface area is 168 Å². The van der Waals surface area contributed by atoms with Crippen LogP contribution in [0.25, 0.3) is 5.69 Å². The summed E-state index contributed by atoms with van der Waals surface area (Å²) in [4.78, 5) is 28.4. The van der Waals surface area contributed by atoms with Crippen LogP contribution in [-0.4, -0.2) is 47.1 Å². The summed E-state index contributed by atoms with van der Waals surface area (Å²) >= 11 is 0. The van der Waals surface area contributed by atoms with Gasteiger partial charge in [0.1, 0.15) is 0 Å². The van der Waals surface area contributed by atoms with Gasteiger partial charge in [0.25, 0.3) is 5.91 Å². The molecule has 1 aromatic heterocycles. The molecular weight excluding hydrogens is 370 g/mol. The van der Waals surface area contributed by atoms with Crippen LogP contribution in [0, 0.1) is 0 Å². The average molecular weight is 391 g/mol. The van der Waals surface area contributed by atoms with Crippen molar-refractivity contribution in [3.05, 3.63) is 66.0 Å². The molecule has 8 heteroatoms. The number of nitrogens with one attached hydrogen (secondary N) is 1. The average Bonchev–Trinajstić information content (AvgIpc) is 3.46. The fourth-order valence-electron chi connectivity index (χ4n) is 3.35. The Morgan fingerprint density at radius 3 is 2.55 bits per heavy atom. The number of carbonyl (C=O) groups is 2. The number of hydrogen-bond donors (Lipinski definition) is 1. The van der Waals surface area contributed by atoms with Gasteiger partial charge in [0, 0.05) is 13.1 Å². The van der Waals surface area contributed by atoms with Gasteiger partial charge in [-0.1, -0.05) is 18.2 Å². The summed E-state index contributed by atoms with van der Waals surface area (Å²) < 4.78 is 4.81. The molecule has 2 heterocycles. The first-order valence-corrected chi connectivity index (χ1v) is 9.42. The van der Waals surface area contributed by atoms with E-state index in [2.05, 4.69) is 20.4 Å². The first-order valence-electron chi connectivity index (χ1n) is 9.42. The molecule has 0 bridgehead atoms. The molecule has 2 aromatic carbocycles. The second kappa shape index (κ2) is 8.14. The fourth-order valence-corrected chi connectivity index (χ4v) is 3.35. The van der Waals surface area contributed by atoms with E-state index in [-0.39, 0.29) is 5.69 Å². The molecule has 1 amide bonds. The van der Waals surface area contributed by atoms with Gasteiger partial charge >= 0.3 is 5.97 Å². The van der Waals surface area contributed by atoms with Crippen LogP contribution in [0.5, 0.6) is 0 Å². The lowest BCUT2D eigenvalue weighted by Crippen LogP contribution is -2.22. The summed E-state index contributed by atoms with van der Waals surface area (Å²) in [5, 5.41) is 11.3. The highest BCUT2D eigenvalue weighted by Gasteiger charge is 2.20. The van der Waals surface area contributed by atoms with Gasteiger partial charge in [-0.05, 0) is 43.2 Å². The van der Waals surface area contributed by atoms with Crippen LogP contribution in [-0.2, 0) is 4.74 Å². The number of rotatable bonds is 5. The zero-order valence-electron chi connectivity index (χ0n) is 16.0. The highest BCUT2D eigenvalue weighted by molar-refractivity contribution is 6.05. The minimum absolute atomic E-state index is 0.185. The molecule has 29 heavy (non-hydrogen) atoms. The number of carbonyl (C=O) groups excluding carboxylic acids is 2. The van der Waals surface area contributed by atoms with Crippen molar-refractivity contribution in [2.45, 2.75) is 12.8 Å². The summed E-state index contributed by atoms with van der Waals surface area (Å²) in [5.41, 5.74) is 2.74. The minimum Gasteiger partial charge on any atom is -0.465 e. The van der Waals surface area contributed by atoms with Crippen molar-refractivity contribution < 1.29 is 14.3 Å². The third kappa shape index (κ3) is 3.96. The Kier molecular flexibility index (Phi) is 5.24. The smallest absolute Gasteiger partial charge is 0.337 e. The van der Waals surface area contributed by atoms with E-state index in [4.69, 9.17) is 4.74 Å². The van der Waals surface area contributed by atoms with Crippen molar-refractivity contribution in [3.63, 3.8) is 0 Å². The number of aromatic nitrogens is 3. The zero-order chi connectivity index (χ0) is 20.2. The molecule has 4 rings (SSSR count). The molecule has 1 aliphatic rings. The van der Waals surface area contributed by atoms with Crippen LogP contribution in [0.15, 0.2) is 54.7 Å². The van der Waals surface area contributed by atoms with Gasteiger partial charge < -0.3 is 15.0 Å². The molecule has 0 radical (unpaired) electrons. The number of amides is 1. The Morgan fingerprint density at radius 2 is 1.83 bits per heavy atom. The number of methoxy groups -OCH3 is 1. The van der Waals surface area contributed by atoms with Gasteiger partial charge in [-0.2, -0.15) is 9.90 Å². The third-order valence-corrected chi connectivity index (χ3v) is 4.82. The summed E-state index contributed by atoms with van der Waals surface area (Å²) in [7, 11) is 1.33. The molecule has 1 fully saturated rings. The van der Waals surface area contributed by atoms with Crippen molar-refractivity contribution in [1.82, 2.24) is 15.0 Å². The normalized spacial score (nSPS) is 13.3. The quantitative estimate of drug-likeness (QED) is 0.673. The SMILES string of the molecule is COC(=O)c1ccc(N2CCCC2)c(NC(=O)c2cnn(-c3ccccc3)n2)c1. The molecule has 8 nitrogen and oxygen atoms in total.